The molecule has 4 nitrogen and oxygen atoms in total. The van der Waals surface area contributed by atoms with Crippen molar-refractivity contribution < 1.29 is 14.0 Å². The molecule has 1 aromatic rings. The molecule has 2 saturated heterocycles. The van der Waals surface area contributed by atoms with Crippen LogP contribution in [0.4, 0.5) is 0 Å². The first-order chi connectivity index (χ1) is 9.06. The summed E-state index contributed by atoms with van der Waals surface area (Å²) in [5, 5.41) is 0.390. The Kier molecular flexibility index (Phi) is 3.52. The van der Waals surface area contributed by atoms with Crippen LogP contribution in [0.15, 0.2) is 30.3 Å². The van der Waals surface area contributed by atoms with E-state index < -0.39 is 7.60 Å². The van der Waals surface area contributed by atoms with Gasteiger partial charge >= 0.3 is 7.60 Å². The molecule has 4 atom stereocenters. The zero-order chi connectivity index (χ0) is 13.5. The molecule has 2 heterocycles. The number of hydrogen-bond acceptors (Lipinski definition) is 3. The monoisotopic (exact) mass is 281 g/mol. The van der Waals surface area contributed by atoms with E-state index in [-0.39, 0.29) is 6.10 Å². The van der Waals surface area contributed by atoms with Crippen molar-refractivity contribution in [2.45, 2.75) is 43.9 Å². The molecule has 1 N–H and O–H groups in total. The molecule has 0 aromatic heterocycles. The van der Waals surface area contributed by atoms with E-state index >= 15 is 0 Å². The van der Waals surface area contributed by atoms with Crippen LogP contribution in [-0.4, -0.2) is 35.0 Å². The maximum Gasteiger partial charge on any atom is 0.359 e. The second-order valence-electron chi connectivity index (χ2n) is 5.61. The van der Waals surface area contributed by atoms with Crippen LogP contribution in [0.1, 0.15) is 25.7 Å². The molecule has 2 bridgehead atoms. The summed E-state index contributed by atoms with van der Waals surface area (Å²) in [5.41, 5.74) is 0. The van der Waals surface area contributed by atoms with Gasteiger partial charge in [-0.3, -0.25) is 4.57 Å². The number of hydrogen-bond donors (Lipinski definition) is 1. The predicted molar refractivity (Wildman–Crippen MR) is 74.6 cm³/mol. The lowest BCUT2D eigenvalue weighted by Crippen LogP contribution is -2.42. The molecule has 2 aliphatic heterocycles. The molecule has 5 heteroatoms. The Morgan fingerprint density at radius 1 is 1.21 bits per heavy atom. The summed E-state index contributed by atoms with van der Waals surface area (Å²) in [5.74, 6) is 0. The highest BCUT2D eigenvalue weighted by molar-refractivity contribution is 7.61. The third kappa shape index (κ3) is 2.63. The smallest absolute Gasteiger partial charge is 0.321 e. The molecule has 0 aliphatic carbocycles. The van der Waals surface area contributed by atoms with Gasteiger partial charge in [0.25, 0.3) is 0 Å². The minimum atomic E-state index is -3.68. The van der Waals surface area contributed by atoms with Gasteiger partial charge in [0.2, 0.25) is 0 Å². The van der Waals surface area contributed by atoms with Crippen molar-refractivity contribution in [1.82, 2.24) is 4.90 Å². The molecule has 0 saturated carbocycles. The van der Waals surface area contributed by atoms with Crippen LogP contribution in [0.25, 0.3) is 0 Å². The van der Waals surface area contributed by atoms with Crippen LogP contribution in [0.5, 0.6) is 0 Å². The van der Waals surface area contributed by atoms with Gasteiger partial charge in [0.15, 0.2) is 0 Å². The first-order valence-electron chi connectivity index (χ1n) is 6.85. The molecule has 0 spiro atoms. The molecule has 2 aliphatic rings. The van der Waals surface area contributed by atoms with Gasteiger partial charge in [0.1, 0.15) is 0 Å². The molecule has 3 rings (SSSR count). The van der Waals surface area contributed by atoms with Gasteiger partial charge in [0, 0.05) is 12.1 Å². The first-order valence-corrected chi connectivity index (χ1v) is 8.43. The maximum atomic E-state index is 12.3. The van der Waals surface area contributed by atoms with E-state index in [9.17, 15) is 9.46 Å². The van der Waals surface area contributed by atoms with Crippen LogP contribution >= 0.6 is 7.60 Å². The summed E-state index contributed by atoms with van der Waals surface area (Å²) in [6.45, 7) is 0. The summed E-state index contributed by atoms with van der Waals surface area (Å²) in [6, 6.07) is 9.70. The average molecular weight is 281 g/mol. The summed E-state index contributed by atoms with van der Waals surface area (Å²) in [6.07, 6.45) is 4.00. The number of fused-ring (bicyclic) bond motifs is 2. The third-order valence-corrected chi connectivity index (χ3v) is 5.96. The van der Waals surface area contributed by atoms with Crippen molar-refractivity contribution in [1.29, 1.82) is 0 Å². The van der Waals surface area contributed by atoms with Crippen LogP contribution in [0.3, 0.4) is 0 Å². The third-order valence-electron chi connectivity index (χ3n) is 4.43. The number of benzene rings is 1. The SMILES string of the molecule is CN1[C@@H]2CC[C@H]1CC(OP(=O)(O)c1ccccc1)C2. The fraction of sp³-hybridized carbons (Fsp3) is 0.571. The zero-order valence-corrected chi connectivity index (χ0v) is 12.0. The van der Waals surface area contributed by atoms with Gasteiger partial charge in [-0.2, -0.15) is 0 Å². The molecular weight excluding hydrogens is 261 g/mol. The first kappa shape index (κ1) is 13.3. The Balaban J connectivity index is 1.71. The topological polar surface area (TPSA) is 49.8 Å². The van der Waals surface area contributed by atoms with E-state index in [0.29, 0.717) is 17.4 Å². The van der Waals surface area contributed by atoms with Crippen LogP contribution in [-0.2, 0) is 9.09 Å². The molecular formula is C14H20NO3P. The fourth-order valence-electron chi connectivity index (χ4n) is 3.33. The summed E-state index contributed by atoms with van der Waals surface area (Å²) in [7, 11) is -1.53. The van der Waals surface area contributed by atoms with E-state index in [0.717, 1.165) is 12.8 Å². The Labute approximate surface area is 113 Å². The van der Waals surface area contributed by atoms with Gasteiger partial charge in [-0.1, -0.05) is 18.2 Å². The second-order valence-corrected chi connectivity index (χ2v) is 7.37. The van der Waals surface area contributed by atoms with Crippen LogP contribution < -0.4 is 5.30 Å². The van der Waals surface area contributed by atoms with E-state index in [4.69, 9.17) is 4.52 Å². The Morgan fingerprint density at radius 2 is 1.79 bits per heavy atom. The molecule has 1 aromatic carbocycles. The molecule has 2 fully saturated rings. The van der Waals surface area contributed by atoms with Crippen molar-refractivity contribution in [3.8, 4) is 0 Å². The van der Waals surface area contributed by atoms with E-state index in [1.807, 2.05) is 6.07 Å². The van der Waals surface area contributed by atoms with E-state index in [1.165, 1.54) is 12.8 Å². The lowest BCUT2D eigenvalue weighted by Gasteiger charge is -2.36. The van der Waals surface area contributed by atoms with Gasteiger partial charge in [-0.05, 0) is 44.9 Å². The lowest BCUT2D eigenvalue weighted by atomic mass is 10.0. The minimum Gasteiger partial charge on any atom is -0.321 e. The Bertz CT molecular complexity index is 479. The summed E-state index contributed by atoms with van der Waals surface area (Å²) >= 11 is 0. The fourth-order valence-corrected chi connectivity index (χ4v) is 4.57. The van der Waals surface area contributed by atoms with Gasteiger partial charge in [0.05, 0.1) is 11.4 Å². The standard InChI is InChI=1S/C14H20NO3P/c1-15-11-7-8-12(15)10-13(9-11)18-19(16,17)14-5-3-2-4-6-14/h2-6,11-13H,7-10H2,1H3,(H,16,17)/t11-,12+,13?. The maximum absolute atomic E-state index is 12.3. The summed E-state index contributed by atoms with van der Waals surface area (Å²) in [4.78, 5) is 12.5. The highest BCUT2D eigenvalue weighted by Gasteiger charge is 2.41. The van der Waals surface area contributed by atoms with E-state index in [2.05, 4.69) is 11.9 Å². The normalized spacial score (nSPS) is 34.1. The van der Waals surface area contributed by atoms with E-state index in [1.54, 1.807) is 24.3 Å². The van der Waals surface area contributed by atoms with Crippen molar-refractivity contribution in [3.63, 3.8) is 0 Å². The highest BCUT2D eigenvalue weighted by atomic mass is 31.2. The number of piperidine rings is 1. The highest BCUT2D eigenvalue weighted by Crippen LogP contribution is 2.46. The predicted octanol–water partition coefficient (Wildman–Crippen LogP) is 2.14. The molecule has 104 valence electrons. The Hall–Kier alpha value is -0.670. The number of nitrogens with zero attached hydrogens (tertiary/aromatic N) is 1. The van der Waals surface area contributed by atoms with Crippen molar-refractivity contribution >= 4 is 12.9 Å². The quantitative estimate of drug-likeness (QED) is 0.862. The summed E-state index contributed by atoms with van der Waals surface area (Å²) < 4.78 is 17.9. The second kappa shape index (κ2) is 5.02. The van der Waals surface area contributed by atoms with Crippen LogP contribution in [0, 0.1) is 0 Å². The molecule has 0 radical (unpaired) electrons. The van der Waals surface area contributed by atoms with Crippen LogP contribution in [0.2, 0.25) is 0 Å². The molecule has 19 heavy (non-hydrogen) atoms. The largest absolute Gasteiger partial charge is 0.359 e. The van der Waals surface area contributed by atoms with Gasteiger partial charge < -0.3 is 14.3 Å². The molecule has 2 unspecified atom stereocenters. The van der Waals surface area contributed by atoms with Crippen molar-refractivity contribution in [2.24, 2.45) is 0 Å². The lowest BCUT2D eigenvalue weighted by molar-refractivity contribution is 0.0608. The van der Waals surface area contributed by atoms with Crippen molar-refractivity contribution in [3.05, 3.63) is 30.3 Å². The number of rotatable bonds is 3. The minimum absolute atomic E-state index is 0.0928. The van der Waals surface area contributed by atoms with Crippen molar-refractivity contribution in [2.75, 3.05) is 7.05 Å². The average Bonchev–Trinajstić information content (AvgIpc) is 2.63. The zero-order valence-electron chi connectivity index (χ0n) is 11.1. The van der Waals surface area contributed by atoms with Gasteiger partial charge in [-0.25, -0.2) is 0 Å². The Morgan fingerprint density at radius 3 is 2.37 bits per heavy atom. The van der Waals surface area contributed by atoms with Gasteiger partial charge in [-0.15, -0.1) is 0 Å². The molecule has 0 amide bonds.